The zero-order chi connectivity index (χ0) is 18.2. The lowest BCUT2D eigenvalue weighted by atomic mass is 9.98. The molecule has 1 fully saturated rings. The molecule has 0 radical (unpaired) electrons. The lowest BCUT2D eigenvalue weighted by molar-refractivity contribution is -0.0564. The van der Waals surface area contributed by atoms with E-state index in [-0.39, 0.29) is 18.2 Å². The maximum Gasteiger partial charge on any atom is 0.181 e. The number of aromatic nitrogens is 3. The van der Waals surface area contributed by atoms with Crippen LogP contribution in [0.15, 0.2) is 12.5 Å². The first-order chi connectivity index (χ1) is 11.9. The zero-order valence-electron chi connectivity index (χ0n) is 13.4. The fraction of sp³-hybridized carbons (Fsp3) is 0.467. The third kappa shape index (κ3) is 2.77. The van der Waals surface area contributed by atoms with Crippen LogP contribution >= 0.6 is 0 Å². The van der Waals surface area contributed by atoms with E-state index in [9.17, 15) is 10.2 Å². The van der Waals surface area contributed by atoms with E-state index in [4.69, 9.17) is 20.9 Å². The molecule has 0 saturated carbocycles. The Labute approximate surface area is 142 Å². The van der Waals surface area contributed by atoms with Gasteiger partial charge in [0.2, 0.25) is 0 Å². The van der Waals surface area contributed by atoms with Gasteiger partial charge in [0.05, 0.1) is 17.6 Å². The van der Waals surface area contributed by atoms with Gasteiger partial charge in [-0.1, -0.05) is 0 Å². The van der Waals surface area contributed by atoms with Crippen molar-refractivity contribution in [2.45, 2.75) is 31.0 Å². The van der Waals surface area contributed by atoms with Gasteiger partial charge in [0, 0.05) is 6.20 Å². The van der Waals surface area contributed by atoms with Crippen molar-refractivity contribution in [2.24, 2.45) is 5.73 Å². The number of aliphatic hydroxyl groups excluding tert-OH is 2. The lowest BCUT2D eigenvalue weighted by Crippen LogP contribution is -2.40. The number of ether oxygens (including phenoxy) is 2. The maximum absolute atomic E-state index is 15.1. The number of nitrogens with two attached hydrogens (primary N) is 2. The fourth-order valence-corrected chi connectivity index (χ4v) is 2.88. The van der Waals surface area contributed by atoms with E-state index in [0.29, 0.717) is 10.9 Å². The van der Waals surface area contributed by atoms with Crippen molar-refractivity contribution in [2.75, 3.05) is 19.1 Å². The van der Waals surface area contributed by atoms with Gasteiger partial charge in [-0.15, -0.1) is 0 Å². The van der Waals surface area contributed by atoms with Gasteiger partial charge in [0.1, 0.15) is 42.8 Å². The summed E-state index contributed by atoms with van der Waals surface area (Å²) in [6, 6.07) is 0. The van der Waals surface area contributed by atoms with Gasteiger partial charge in [0.15, 0.2) is 11.9 Å². The minimum Gasteiger partial charge on any atom is -0.431 e. The number of hydrogen-bond donors (Lipinski definition) is 4. The number of halogens is 1. The number of alkyl halides is 1. The van der Waals surface area contributed by atoms with Gasteiger partial charge in [-0.2, -0.15) is 0 Å². The molecule has 0 aromatic carbocycles. The molecule has 0 bridgehead atoms. The average molecular weight is 351 g/mol. The van der Waals surface area contributed by atoms with Gasteiger partial charge in [-0.05, 0) is 12.8 Å². The molecule has 10 heteroatoms. The Morgan fingerprint density at radius 1 is 1.52 bits per heavy atom. The fourth-order valence-electron chi connectivity index (χ4n) is 2.88. The topological polar surface area (TPSA) is 142 Å². The number of aliphatic hydroxyl groups is 2. The standard InChI is InChI=1S/C15H18FN5O4/c1-15(16)11(23)9(5-22)25-14(15)21-4-8(2-3-24-6-17)10-12(18)19-7-20-13(10)21/h4,7,9,11,14,22-23H,5-6,17H2,1H3,(H2,18,19,20)/t9?,11-,14?,15?/m1/s1. The molecule has 6 N–H and O–H groups in total. The third-order valence-electron chi connectivity index (χ3n) is 4.13. The summed E-state index contributed by atoms with van der Waals surface area (Å²) in [5.41, 5.74) is 9.63. The summed E-state index contributed by atoms with van der Waals surface area (Å²) in [5.74, 6) is 2.87. The Bertz CT molecular complexity index is 844. The van der Waals surface area contributed by atoms with Gasteiger partial charge in [0.25, 0.3) is 0 Å². The number of fused-ring (bicyclic) bond motifs is 1. The number of hydrogen-bond acceptors (Lipinski definition) is 8. The second-order valence-electron chi connectivity index (χ2n) is 5.75. The quantitative estimate of drug-likeness (QED) is 0.417. The van der Waals surface area contributed by atoms with Crippen LogP contribution in [-0.4, -0.2) is 56.0 Å². The van der Waals surface area contributed by atoms with Gasteiger partial charge in [-0.25, -0.2) is 14.4 Å². The van der Waals surface area contributed by atoms with Gasteiger partial charge in [-0.3, -0.25) is 5.73 Å². The van der Waals surface area contributed by atoms with Crippen LogP contribution in [-0.2, 0) is 9.47 Å². The molecule has 0 spiro atoms. The third-order valence-corrected chi connectivity index (χ3v) is 4.13. The first-order valence-electron chi connectivity index (χ1n) is 7.49. The summed E-state index contributed by atoms with van der Waals surface area (Å²) in [7, 11) is 0. The number of anilines is 1. The Balaban J connectivity index is 2.15. The molecule has 0 amide bonds. The molecule has 9 nitrogen and oxygen atoms in total. The van der Waals surface area contributed by atoms with Crippen molar-refractivity contribution in [3.05, 3.63) is 18.1 Å². The first-order valence-corrected chi connectivity index (χ1v) is 7.49. The van der Waals surface area contributed by atoms with Crippen LogP contribution in [0.5, 0.6) is 0 Å². The van der Waals surface area contributed by atoms with Gasteiger partial charge >= 0.3 is 0 Å². The molecule has 1 aliphatic rings. The van der Waals surface area contributed by atoms with E-state index < -0.39 is 30.7 Å². The summed E-state index contributed by atoms with van der Waals surface area (Å²) >= 11 is 0. The minimum atomic E-state index is -2.17. The van der Waals surface area contributed by atoms with E-state index in [0.717, 1.165) is 0 Å². The van der Waals surface area contributed by atoms with Crippen molar-refractivity contribution in [1.29, 1.82) is 0 Å². The van der Waals surface area contributed by atoms with Crippen molar-refractivity contribution < 1.29 is 24.1 Å². The van der Waals surface area contributed by atoms with E-state index in [1.807, 2.05) is 0 Å². The van der Waals surface area contributed by atoms with Crippen molar-refractivity contribution >= 4 is 16.9 Å². The molecule has 0 aliphatic carbocycles. The molecule has 2 aromatic heterocycles. The molecule has 2 aromatic rings. The van der Waals surface area contributed by atoms with Crippen LogP contribution in [0.2, 0.25) is 0 Å². The monoisotopic (exact) mass is 351 g/mol. The van der Waals surface area contributed by atoms with E-state index in [2.05, 4.69) is 22.0 Å². The highest BCUT2D eigenvalue weighted by Crippen LogP contribution is 2.43. The molecule has 3 heterocycles. The smallest absolute Gasteiger partial charge is 0.181 e. The molecular weight excluding hydrogens is 333 g/mol. The van der Waals surface area contributed by atoms with Crippen molar-refractivity contribution in [3.63, 3.8) is 0 Å². The van der Waals surface area contributed by atoms with Gasteiger partial charge < -0.3 is 30.0 Å². The Kier molecular flexibility index (Phi) is 4.49. The molecule has 3 unspecified atom stereocenters. The molecule has 4 atom stereocenters. The normalized spacial score (nSPS) is 28.8. The number of nitrogen functional groups attached to an aromatic ring is 1. The molecule has 1 saturated heterocycles. The highest BCUT2D eigenvalue weighted by Gasteiger charge is 2.55. The minimum absolute atomic E-state index is 0.0870. The highest BCUT2D eigenvalue weighted by molar-refractivity contribution is 5.92. The van der Waals surface area contributed by atoms with Crippen LogP contribution in [0, 0.1) is 12.0 Å². The Morgan fingerprint density at radius 2 is 2.28 bits per heavy atom. The molecule has 25 heavy (non-hydrogen) atoms. The first kappa shape index (κ1) is 17.4. The lowest BCUT2D eigenvalue weighted by Gasteiger charge is -2.25. The summed E-state index contributed by atoms with van der Waals surface area (Å²) < 4.78 is 26.8. The van der Waals surface area contributed by atoms with Crippen LogP contribution < -0.4 is 11.5 Å². The summed E-state index contributed by atoms with van der Waals surface area (Å²) in [5, 5.41) is 19.7. The van der Waals surface area contributed by atoms with E-state index >= 15 is 4.39 Å². The van der Waals surface area contributed by atoms with Crippen LogP contribution in [0.1, 0.15) is 18.7 Å². The number of rotatable bonds is 3. The highest BCUT2D eigenvalue weighted by atomic mass is 19.1. The van der Waals surface area contributed by atoms with Crippen molar-refractivity contribution in [3.8, 4) is 12.0 Å². The Hall–Kier alpha value is -2.45. The van der Waals surface area contributed by atoms with E-state index in [1.54, 1.807) is 0 Å². The molecule has 134 valence electrons. The molecular formula is C15H18FN5O4. The van der Waals surface area contributed by atoms with Crippen molar-refractivity contribution in [1.82, 2.24) is 14.5 Å². The SMILES string of the molecule is CC1(F)C(n2cc(C#COCN)c3c(N)ncnc32)OC(CO)[C@H]1O. The Morgan fingerprint density at radius 3 is 2.92 bits per heavy atom. The molecule has 1 aliphatic heterocycles. The van der Waals surface area contributed by atoms with Crippen LogP contribution in [0.3, 0.4) is 0 Å². The molecule has 3 rings (SSSR count). The van der Waals surface area contributed by atoms with Crippen LogP contribution in [0.25, 0.3) is 11.0 Å². The summed E-state index contributed by atoms with van der Waals surface area (Å²) in [6.07, 6.45) is 1.31. The second-order valence-corrected chi connectivity index (χ2v) is 5.75. The summed E-state index contributed by atoms with van der Waals surface area (Å²) in [6.45, 7) is 0.581. The number of nitrogens with zero attached hydrogens (tertiary/aromatic N) is 3. The maximum atomic E-state index is 15.1. The zero-order valence-corrected chi connectivity index (χ0v) is 13.4. The predicted molar refractivity (Wildman–Crippen MR) is 85.5 cm³/mol. The largest absolute Gasteiger partial charge is 0.431 e. The van der Waals surface area contributed by atoms with E-state index in [1.165, 1.54) is 24.0 Å². The second kappa shape index (κ2) is 6.45. The summed E-state index contributed by atoms with van der Waals surface area (Å²) in [4.78, 5) is 8.04. The average Bonchev–Trinajstić information content (AvgIpc) is 3.05. The van der Waals surface area contributed by atoms with Crippen LogP contribution in [0.4, 0.5) is 10.2 Å². The predicted octanol–water partition coefficient (Wildman–Crippen LogP) is -0.766.